The van der Waals surface area contributed by atoms with Gasteiger partial charge >= 0.3 is 0 Å². The number of hydrogen-bond donors (Lipinski definition) is 0. The van der Waals surface area contributed by atoms with E-state index >= 15 is 0 Å². The summed E-state index contributed by atoms with van der Waals surface area (Å²) in [5, 5.41) is 0. The number of hydrogen-bond acceptors (Lipinski definition) is 7. The van der Waals surface area contributed by atoms with Crippen LogP contribution in [0.25, 0.3) is 0 Å². The molecule has 0 saturated carbocycles. The Labute approximate surface area is 221 Å². The van der Waals surface area contributed by atoms with Gasteiger partial charge in [0.2, 0.25) is 11.8 Å². The minimum Gasteiger partial charge on any atom is -0.474 e. The number of ether oxygens (including phenoxy) is 2. The first kappa shape index (κ1) is 24.1. The molecule has 0 aliphatic carbocycles. The molecule has 2 aliphatic rings. The van der Waals surface area contributed by atoms with Crippen molar-refractivity contribution < 1.29 is 17.9 Å². The minimum atomic E-state index is -3.71. The topological polar surface area (TPSA) is 90.2 Å². The van der Waals surface area contributed by atoms with Crippen LogP contribution in [0.15, 0.2) is 118 Å². The van der Waals surface area contributed by atoms with Crippen LogP contribution in [0.2, 0.25) is 0 Å². The van der Waals surface area contributed by atoms with Crippen LogP contribution < -0.4 is 0 Å². The summed E-state index contributed by atoms with van der Waals surface area (Å²) in [6, 6.07) is 31.4. The number of sulfone groups is 1. The largest absolute Gasteiger partial charge is 0.474 e. The van der Waals surface area contributed by atoms with Crippen LogP contribution in [0.5, 0.6) is 0 Å². The quantitative estimate of drug-likeness (QED) is 0.337. The van der Waals surface area contributed by atoms with Gasteiger partial charge in [-0.3, -0.25) is 0 Å². The second-order valence-electron chi connectivity index (χ2n) is 9.16. The Balaban J connectivity index is 1.39. The minimum absolute atomic E-state index is 0.116. The van der Waals surface area contributed by atoms with Gasteiger partial charge in [-0.05, 0) is 28.8 Å². The Bertz CT molecular complexity index is 1520. The zero-order valence-corrected chi connectivity index (χ0v) is 21.3. The van der Waals surface area contributed by atoms with Gasteiger partial charge in [0.25, 0.3) is 0 Å². The van der Waals surface area contributed by atoms with Crippen molar-refractivity contribution >= 4 is 21.6 Å². The van der Waals surface area contributed by atoms with Crippen molar-refractivity contribution in [3.05, 3.63) is 131 Å². The van der Waals surface area contributed by atoms with Crippen molar-refractivity contribution in [3.8, 4) is 0 Å². The average Bonchev–Trinajstić information content (AvgIpc) is 3.65. The van der Waals surface area contributed by atoms with Crippen molar-refractivity contribution in [1.29, 1.82) is 0 Å². The molecule has 0 radical (unpaired) electrons. The Kier molecular flexibility index (Phi) is 6.47. The molecule has 3 aromatic carbocycles. The van der Waals surface area contributed by atoms with Gasteiger partial charge in [-0.1, -0.05) is 91.0 Å². The third kappa shape index (κ3) is 5.08. The first-order chi connectivity index (χ1) is 18.5. The lowest BCUT2D eigenvalue weighted by Gasteiger charge is -2.10. The molecular weight excluding hydrogens is 498 g/mol. The van der Waals surface area contributed by atoms with E-state index in [4.69, 9.17) is 24.4 Å². The van der Waals surface area contributed by atoms with Crippen molar-refractivity contribution in [3.63, 3.8) is 0 Å². The smallest absolute Gasteiger partial charge is 0.236 e. The lowest BCUT2D eigenvalue weighted by molar-refractivity contribution is 0.317. The average molecular weight is 524 g/mol. The fourth-order valence-corrected chi connectivity index (χ4v) is 5.88. The predicted molar refractivity (Wildman–Crippen MR) is 145 cm³/mol. The third-order valence-electron chi connectivity index (χ3n) is 6.47. The fourth-order valence-electron chi connectivity index (χ4n) is 4.50. The van der Waals surface area contributed by atoms with Gasteiger partial charge in [0.1, 0.15) is 36.7 Å². The van der Waals surface area contributed by atoms with Gasteiger partial charge in [0, 0.05) is 0 Å². The molecule has 2 atom stereocenters. The molecule has 190 valence electrons. The highest BCUT2D eigenvalue weighted by atomic mass is 32.2. The maximum absolute atomic E-state index is 13.5. The molecule has 38 heavy (non-hydrogen) atoms. The van der Waals surface area contributed by atoms with Crippen molar-refractivity contribution in [2.75, 3.05) is 13.2 Å². The summed E-state index contributed by atoms with van der Waals surface area (Å²) in [4.78, 5) is 14.3. The highest BCUT2D eigenvalue weighted by molar-refractivity contribution is 7.90. The molecule has 2 aliphatic heterocycles. The highest BCUT2D eigenvalue weighted by Crippen LogP contribution is 2.29. The highest BCUT2D eigenvalue weighted by Gasteiger charge is 2.29. The first-order valence-corrected chi connectivity index (χ1v) is 14.0. The van der Waals surface area contributed by atoms with E-state index in [1.165, 1.54) is 12.1 Å². The van der Waals surface area contributed by atoms with Gasteiger partial charge in [-0.2, -0.15) is 0 Å². The molecule has 3 heterocycles. The molecule has 8 heteroatoms. The standard InChI is InChI=1S/C30H25N3O4S/c34-38(35,20-21-10-4-1-5-11-21)24-16-25(29-32-27(18-36-29)22-12-6-2-7-13-22)31-26(17-24)30-33-28(19-37-30)23-14-8-3-9-15-23/h1-17,27-28H,18-20H2/t27-,28-/m1/s1. The zero-order chi connectivity index (χ0) is 26.0. The second-order valence-corrected chi connectivity index (χ2v) is 11.2. The van der Waals surface area contributed by atoms with Crippen LogP contribution in [0.3, 0.4) is 0 Å². The molecule has 6 rings (SSSR count). The van der Waals surface area contributed by atoms with Crippen LogP contribution in [0.4, 0.5) is 0 Å². The number of rotatable bonds is 7. The van der Waals surface area contributed by atoms with Crippen LogP contribution in [0.1, 0.15) is 40.2 Å². The molecular formula is C30H25N3O4S. The normalized spacial score (nSPS) is 18.8. The van der Waals surface area contributed by atoms with Crippen LogP contribution in [0, 0.1) is 0 Å². The maximum atomic E-state index is 13.5. The molecule has 0 saturated heterocycles. The summed E-state index contributed by atoms with van der Waals surface area (Å²) in [6.07, 6.45) is 0. The number of pyridine rings is 1. The molecule has 0 unspecified atom stereocenters. The third-order valence-corrected chi connectivity index (χ3v) is 8.13. The number of aliphatic imine (C=N–C) groups is 2. The summed E-state index contributed by atoms with van der Waals surface area (Å²) in [7, 11) is -3.71. The molecule has 0 spiro atoms. The number of nitrogens with zero attached hydrogens (tertiary/aromatic N) is 3. The summed E-state index contributed by atoms with van der Waals surface area (Å²) in [6.45, 7) is 0.704. The molecule has 0 N–H and O–H groups in total. The lowest BCUT2D eigenvalue weighted by Crippen LogP contribution is -2.14. The van der Waals surface area contributed by atoms with Crippen molar-refractivity contribution in [2.24, 2.45) is 9.98 Å². The second kappa shape index (κ2) is 10.2. The van der Waals surface area contributed by atoms with E-state index in [0.717, 1.165) is 11.1 Å². The SMILES string of the molecule is O=S(=O)(Cc1ccccc1)c1cc(C2=N[C@@H](c3ccccc3)CO2)nc(C2=N[C@@H](c3ccccc3)CO2)c1. The Morgan fingerprint density at radius 1 is 0.658 bits per heavy atom. The van der Waals surface area contributed by atoms with Crippen LogP contribution in [-0.2, 0) is 25.1 Å². The Hall–Kier alpha value is -4.30. The van der Waals surface area contributed by atoms with E-state index in [1.54, 1.807) is 12.1 Å². The van der Waals surface area contributed by atoms with Crippen molar-refractivity contribution in [2.45, 2.75) is 22.7 Å². The zero-order valence-electron chi connectivity index (χ0n) is 20.5. The van der Waals surface area contributed by atoms with E-state index in [1.807, 2.05) is 78.9 Å². The van der Waals surface area contributed by atoms with Gasteiger partial charge < -0.3 is 9.47 Å². The lowest BCUT2D eigenvalue weighted by atomic mass is 10.1. The predicted octanol–water partition coefficient (Wildman–Crippen LogP) is 5.09. The fraction of sp³-hybridized carbons (Fsp3) is 0.167. The van der Waals surface area contributed by atoms with E-state index in [9.17, 15) is 8.42 Å². The molecule has 0 fully saturated rings. The maximum Gasteiger partial charge on any atom is 0.236 e. The van der Waals surface area contributed by atoms with Gasteiger partial charge in [0.15, 0.2) is 9.84 Å². The summed E-state index contributed by atoms with van der Waals surface area (Å²) in [5.74, 6) is 0.460. The first-order valence-electron chi connectivity index (χ1n) is 12.4. The van der Waals surface area contributed by atoms with Gasteiger partial charge in [0.05, 0.1) is 10.6 Å². The summed E-state index contributed by atoms with van der Waals surface area (Å²) < 4.78 is 38.9. The molecule has 7 nitrogen and oxygen atoms in total. The van der Waals surface area contributed by atoms with Crippen LogP contribution in [-0.4, -0.2) is 38.4 Å². The molecule has 4 aromatic rings. The van der Waals surface area contributed by atoms with Gasteiger partial charge in [-0.15, -0.1) is 0 Å². The molecule has 1 aromatic heterocycles. The van der Waals surface area contributed by atoms with Crippen LogP contribution >= 0.6 is 0 Å². The molecule has 0 amide bonds. The Morgan fingerprint density at radius 3 is 1.58 bits per heavy atom. The van der Waals surface area contributed by atoms with E-state index in [2.05, 4.69) is 0 Å². The van der Waals surface area contributed by atoms with E-state index < -0.39 is 9.84 Å². The summed E-state index contributed by atoms with van der Waals surface area (Å²) >= 11 is 0. The van der Waals surface area contributed by atoms with E-state index in [-0.39, 0.29) is 22.7 Å². The van der Waals surface area contributed by atoms with Gasteiger partial charge in [-0.25, -0.2) is 23.4 Å². The number of aromatic nitrogens is 1. The molecule has 0 bridgehead atoms. The monoisotopic (exact) mass is 523 g/mol. The summed E-state index contributed by atoms with van der Waals surface area (Å²) in [5.41, 5.74) is 3.41. The Morgan fingerprint density at radius 2 is 1.11 bits per heavy atom. The van der Waals surface area contributed by atoms with Crippen molar-refractivity contribution in [1.82, 2.24) is 4.98 Å². The van der Waals surface area contributed by atoms with E-state index in [0.29, 0.717) is 42.0 Å². The number of benzene rings is 3.